The number of ether oxygens (including phenoxy) is 2. The van der Waals surface area contributed by atoms with E-state index in [0.717, 1.165) is 25.9 Å². The first-order valence-electron chi connectivity index (χ1n) is 5.95. The number of nitrogens with two attached hydrogens (primary N) is 1. The molecular weight excluding hydrogens is 244 g/mol. The number of hydrogen-bond acceptors (Lipinski definition) is 4. The van der Waals surface area contributed by atoms with Gasteiger partial charge in [0, 0.05) is 13.2 Å². The van der Waals surface area contributed by atoms with Gasteiger partial charge in [-0.2, -0.15) is 0 Å². The van der Waals surface area contributed by atoms with Crippen molar-refractivity contribution >= 4 is 18.3 Å². The number of halogens is 1. The molecular formula is C11H23ClN2O3. The Hall–Kier alpha value is -0.360. The molecule has 1 heterocycles. The quantitative estimate of drug-likeness (QED) is 0.657. The molecule has 1 saturated heterocycles. The van der Waals surface area contributed by atoms with Gasteiger partial charge in [0.25, 0.3) is 0 Å². The van der Waals surface area contributed by atoms with Crippen molar-refractivity contribution in [2.45, 2.75) is 38.4 Å². The Labute approximate surface area is 109 Å². The van der Waals surface area contributed by atoms with E-state index in [1.54, 1.807) is 6.92 Å². The predicted octanol–water partition coefficient (Wildman–Crippen LogP) is 0.457. The van der Waals surface area contributed by atoms with E-state index in [-0.39, 0.29) is 24.4 Å². The van der Waals surface area contributed by atoms with Crippen LogP contribution in [-0.2, 0) is 14.3 Å². The summed E-state index contributed by atoms with van der Waals surface area (Å²) in [6, 6.07) is 0. The van der Waals surface area contributed by atoms with E-state index >= 15 is 0 Å². The van der Waals surface area contributed by atoms with E-state index in [9.17, 15) is 4.79 Å². The molecule has 1 fully saturated rings. The summed E-state index contributed by atoms with van der Waals surface area (Å²) in [7, 11) is 0. The first kappa shape index (κ1) is 16.6. The van der Waals surface area contributed by atoms with Crippen LogP contribution in [0.2, 0.25) is 0 Å². The lowest BCUT2D eigenvalue weighted by Crippen LogP contribution is -2.37. The fraction of sp³-hybridized carbons (Fsp3) is 0.909. The number of rotatable bonds is 7. The number of carbonyl (C=O) groups is 1. The molecule has 0 aromatic carbocycles. The van der Waals surface area contributed by atoms with E-state index < -0.39 is 6.10 Å². The zero-order valence-electron chi connectivity index (χ0n) is 10.3. The topological polar surface area (TPSA) is 73.6 Å². The smallest absolute Gasteiger partial charge is 0.248 e. The zero-order valence-corrected chi connectivity index (χ0v) is 11.1. The highest BCUT2D eigenvalue weighted by Gasteiger charge is 2.19. The van der Waals surface area contributed by atoms with Crippen LogP contribution in [0.25, 0.3) is 0 Å². The first-order valence-corrected chi connectivity index (χ1v) is 5.95. The highest BCUT2D eigenvalue weighted by Crippen LogP contribution is 2.12. The highest BCUT2D eigenvalue weighted by atomic mass is 35.5. The van der Waals surface area contributed by atoms with Crippen molar-refractivity contribution in [3.05, 3.63) is 0 Å². The molecule has 5 nitrogen and oxygen atoms in total. The summed E-state index contributed by atoms with van der Waals surface area (Å²) in [4.78, 5) is 11.5. The molecule has 1 amide bonds. The van der Waals surface area contributed by atoms with Crippen LogP contribution in [0, 0.1) is 0 Å². The predicted molar refractivity (Wildman–Crippen MR) is 68.3 cm³/mol. The Bertz CT molecular complexity index is 211. The lowest BCUT2D eigenvalue weighted by atomic mass is 10.2. The van der Waals surface area contributed by atoms with Gasteiger partial charge in [-0.3, -0.25) is 4.79 Å². The Balaban J connectivity index is 0.00000256. The molecule has 0 aromatic rings. The standard InChI is InChI=1S/C11H22N2O3.ClH/c1-9(11(14)13-6-3-5-12)16-8-10-4-2-7-15-10;/h9-10H,2-8,12H2,1H3,(H,13,14);1H. The minimum absolute atomic E-state index is 0. The molecule has 0 aliphatic carbocycles. The molecule has 0 bridgehead atoms. The molecule has 1 rings (SSSR count). The van der Waals surface area contributed by atoms with E-state index in [1.165, 1.54) is 0 Å². The molecule has 1 aliphatic heterocycles. The Morgan fingerprint density at radius 1 is 1.65 bits per heavy atom. The van der Waals surface area contributed by atoms with E-state index in [2.05, 4.69) is 5.32 Å². The molecule has 2 unspecified atom stereocenters. The third-order valence-corrected chi connectivity index (χ3v) is 2.61. The number of carbonyl (C=O) groups excluding carboxylic acids is 1. The van der Waals surface area contributed by atoms with Crippen molar-refractivity contribution in [2.75, 3.05) is 26.3 Å². The van der Waals surface area contributed by atoms with Crippen LogP contribution < -0.4 is 11.1 Å². The van der Waals surface area contributed by atoms with Gasteiger partial charge in [-0.1, -0.05) is 0 Å². The van der Waals surface area contributed by atoms with Crippen LogP contribution >= 0.6 is 12.4 Å². The number of amides is 1. The zero-order chi connectivity index (χ0) is 11.8. The van der Waals surface area contributed by atoms with E-state index in [4.69, 9.17) is 15.2 Å². The second-order valence-electron chi connectivity index (χ2n) is 4.04. The Kier molecular flexibility index (Phi) is 9.44. The number of hydrogen-bond donors (Lipinski definition) is 2. The third-order valence-electron chi connectivity index (χ3n) is 2.61. The maximum atomic E-state index is 11.5. The summed E-state index contributed by atoms with van der Waals surface area (Å²) >= 11 is 0. The fourth-order valence-electron chi connectivity index (χ4n) is 1.56. The van der Waals surface area contributed by atoms with Gasteiger partial charge in [-0.05, 0) is 32.7 Å². The van der Waals surface area contributed by atoms with Crippen molar-refractivity contribution in [2.24, 2.45) is 5.73 Å². The molecule has 0 aromatic heterocycles. The summed E-state index contributed by atoms with van der Waals surface area (Å²) in [6.07, 6.45) is 2.66. The van der Waals surface area contributed by atoms with Crippen molar-refractivity contribution in [1.29, 1.82) is 0 Å². The highest BCUT2D eigenvalue weighted by molar-refractivity contribution is 5.85. The SMILES string of the molecule is CC(OCC1CCCO1)C(=O)NCCCN.Cl. The fourth-order valence-corrected chi connectivity index (χ4v) is 1.56. The lowest BCUT2D eigenvalue weighted by molar-refractivity contribution is -0.133. The van der Waals surface area contributed by atoms with Crippen LogP contribution in [0.15, 0.2) is 0 Å². The summed E-state index contributed by atoms with van der Waals surface area (Å²) in [5.74, 6) is -0.0774. The molecule has 1 aliphatic rings. The second kappa shape index (κ2) is 9.65. The summed E-state index contributed by atoms with van der Waals surface area (Å²) < 4.78 is 10.9. The van der Waals surface area contributed by atoms with Gasteiger partial charge in [-0.15, -0.1) is 12.4 Å². The van der Waals surface area contributed by atoms with E-state index in [1.807, 2.05) is 0 Å². The third kappa shape index (κ3) is 6.83. The van der Waals surface area contributed by atoms with Gasteiger partial charge in [-0.25, -0.2) is 0 Å². The maximum absolute atomic E-state index is 11.5. The maximum Gasteiger partial charge on any atom is 0.248 e. The van der Waals surface area contributed by atoms with Gasteiger partial charge < -0.3 is 20.5 Å². The second-order valence-corrected chi connectivity index (χ2v) is 4.04. The van der Waals surface area contributed by atoms with E-state index in [0.29, 0.717) is 19.7 Å². The normalized spacial score (nSPS) is 20.7. The summed E-state index contributed by atoms with van der Waals surface area (Å²) in [6.45, 7) is 4.28. The van der Waals surface area contributed by atoms with Crippen molar-refractivity contribution < 1.29 is 14.3 Å². The Morgan fingerprint density at radius 3 is 3.00 bits per heavy atom. The van der Waals surface area contributed by atoms with Gasteiger partial charge in [0.15, 0.2) is 0 Å². The number of nitrogens with one attached hydrogen (secondary N) is 1. The van der Waals surface area contributed by atoms with Gasteiger partial charge in [0.2, 0.25) is 5.91 Å². The van der Waals surface area contributed by atoms with Crippen LogP contribution in [0.4, 0.5) is 0 Å². The van der Waals surface area contributed by atoms with Crippen LogP contribution in [0.5, 0.6) is 0 Å². The molecule has 17 heavy (non-hydrogen) atoms. The molecule has 3 N–H and O–H groups in total. The molecule has 0 spiro atoms. The minimum atomic E-state index is -0.415. The molecule has 0 radical (unpaired) electrons. The monoisotopic (exact) mass is 266 g/mol. The first-order chi connectivity index (χ1) is 7.74. The summed E-state index contributed by atoms with van der Waals surface area (Å²) in [5.41, 5.74) is 5.33. The Morgan fingerprint density at radius 2 is 2.41 bits per heavy atom. The van der Waals surface area contributed by atoms with Gasteiger partial charge in [0.1, 0.15) is 6.10 Å². The molecule has 0 saturated carbocycles. The minimum Gasteiger partial charge on any atom is -0.376 e. The van der Waals surface area contributed by atoms with Gasteiger partial charge >= 0.3 is 0 Å². The van der Waals surface area contributed by atoms with Crippen molar-refractivity contribution in [3.63, 3.8) is 0 Å². The van der Waals surface area contributed by atoms with Crippen LogP contribution in [0.1, 0.15) is 26.2 Å². The van der Waals surface area contributed by atoms with Crippen LogP contribution in [-0.4, -0.2) is 44.4 Å². The van der Waals surface area contributed by atoms with Gasteiger partial charge in [0.05, 0.1) is 12.7 Å². The molecule has 6 heteroatoms. The summed E-state index contributed by atoms with van der Waals surface area (Å²) in [5, 5.41) is 2.77. The van der Waals surface area contributed by atoms with Crippen LogP contribution in [0.3, 0.4) is 0 Å². The van der Waals surface area contributed by atoms with Crippen molar-refractivity contribution in [3.8, 4) is 0 Å². The lowest BCUT2D eigenvalue weighted by Gasteiger charge is -2.15. The average molecular weight is 267 g/mol. The molecule has 102 valence electrons. The average Bonchev–Trinajstić information content (AvgIpc) is 2.79. The largest absolute Gasteiger partial charge is 0.376 e. The molecule has 2 atom stereocenters. The van der Waals surface area contributed by atoms with Crippen molar-refractivity contribution in [1.82, 2.24) is 5.32 Å².